The fourth-order valence-electron chi connectivity index (χ4n) is 3.40. The van der Waals surface area contributed by atoms with Crippen LogP contribution in [0.15, 0.2) is 77.8 Å². The van der Waals surface area contributed by atoms with Gasteiger partial charge in [-0.15, -0.1) is 0 Å². The van der Waals surface area contributed by atoms with E-state index in [2.05, 4.69) is 28.6 Å². The van der Waals surface area contributed by atoms with Gasteiger partial charge in [0.05, 0.1) is 22.4 Å². The molecule has 0 bridgehead atoms. The number of aromatic nitrogens is 1. The molecule has 3 aromatic carbocycles. The number of amides is 1. The van der Waals surface area contributed by atoms with Gasteiger partial charge in [-0.3, -0.25) is 4.79 Å². The third kappa shape index (κ3) is 4.76. The van der Waals surface area contributed by atoms with Crippen LogP contribution in [-0.4, -0.2) is 23.7 Å². The second kappa shape index (κ2) is 9.73. The van der Waals surface area contributed by atoms with Crippen LogP contribution in [0.5, 0.6) is 11.5 Å². The van der Waals surface area contributed by atoms with E-state index in [-0.39, 0.29) is 5.91 Å². The first-order chi connectivity index (χ1) is 15.2. The summed E-state index contributed by atoms with van der Waals surface area (Å²) in [5, 5.41) is 0. The zero-order chi connectivity index (χ0) is 21.6. The van der Waals surface area contributed by atoms with Crippen LogP contribution in [0.2, 0.25) is 0 Å². The molecule has 0 N–H and O–H groups in total. The maximum absolute atomic E-state index is 13.2. The second-order valence-corrected chi connectivity index (χ2v) is 7.99. The summed E-state index contributed by atoms with van der Waals surface area (Å²) in [6.07, 6.45) is 0. The van der Waals surface area contributed by atoms with Gasteiger partial charge in [-0.05, 0) is 49.7 Å². The molecular weight excluding hydrogens is 408 g/mol. The van der Waals surface area contributed by atoms with Crippen LogP contribution in [0.1, 0.15) is 22.8 Å². The van der Waals surface area contributed by atoms with Gasteiger partial charge < -0.3 is 14.0 Å². The number of carbonyl (C=O) groups is 1. The van der Waals surface area contributed by atoms with Gasteiger partial charge in [0, 0.05) is 13.2 Å². The van der Waals surface area contributed by atoms with Crippen LogP contribution < -0.4 is 9.54 Å². The normalized spacial score (nSPS) is 11.7. The monoisotopic (exact) mass is 432 g/mol. The molecule has 6 heteroatoms. The van der Waals surface area contributed by atoms with E-state index in [1.54, 1.807) is 12.1 Å². The first-order valence-electron chi connectivity index (χ1n) is 10.2. The molecule has 0 aliphatic carbocycles. The Labute approximate surface area is 185 Å². The molecule has 1 aromatic heterocycles. The van der Waals surface area contributed by atoms with E-state index in [0.717, 1.165) is 15.8 Å². The zero-order valence-corrected chi connectivity index (χ0v) is 18.4. The molecule has 0 spiro atoms. The summed E-state index contributed by atoms with van der Waals surface area (Å²) >= 11 is 1.51. The van der Waals surface area contributed by atoms with Crippen LogP contribution in [0.25, 0.3) is 10.2 Å². The Morgan fingerprint density at radius 3 is 2.58 bits per heavy atom. The van der Waals surface area contributed by atoms with Gasteiger partial charge in [-0.2, -0.15) is 4.99 Å². The molecule has 4 aromatic rings. The average molecular weight is 433 g/mol. The Morgan fingerprint density at radius 1 is 1.00 bits per heavy atom. The highest BCUT2D eigenvalue weighted by molar-refractivity contribution is 7.16. The Hall–Kier alpha value is -3.22. The number of thiazole rings is 1. The standard InChI is InChI=1S/C25H24N2O3S/c1-3-29-17-16-27-23-18(2)10-9-15-22(23)31-25(27)26-24(28)20-13-7-8-14-21(20)30-19-11-5-4-6-12-19/h4-15H,3,16-17H2,1-2H3. The van der Waals surface area contributed by atoms with E-state index in [1.165, 1.54) is 11.3 Å². The largest absolute Gasteiger partial charge is 0.457 e. The number of carbonyl (C=O) groups excluding carboxylic acids is 1. The fourth-order valence-corrected chi connectivity index (χ4v) is 4.53. The van der Waals surface area contributed by atoms with E-state index >= 15 is 0 Å². The average Bonchev–Trinajstić information content (AvgIpc) is 3.13. The number of hydrogen-bond donors (Lipinski definition) is 0. The maximum atomic E-state index is 13.2. The van der Waals surface area contributed by atoms with Crippen molar-refractivity contribution in [3.8, 4) is 11.5 Å². The Bertz CT molecular complexity index is 1260. The molecule has 0 unspecified atom stereocenters. The smallest absolute Gasteiger partial charge is 0.283 e. The van der Waals surface area contributed by atoms with Crippen molar-refractivity contribution < 1.29 is 14.3 Å². The van der Waals surface area contributed by atoms with Gasteiger partial charge >= 0.3 is 0 Å². The lowest BCUT2D eigenvalue weighted by atomic mass is 10.2. The molecule has 158 valence electrons. The number of fused-ring (bicyclic) bond motifs is 1. The second-order valence-electron chi connectivity index (χ2n) is 6.98. The third-order valence-corrected chi connectivity index (χ3v) is 5.90. The number of ether oxygens (including phenoxy) is 2. The molecule has 0 saturated heterocycles. The van der Waals surface area contributed by atoms with Crippen molar-refractivity contribution in [3.05, 3.63) is 88.7 Å². The number of benzene rings is 3. The molecule has 5 nitrogen and oxygen atoms in total. The number of para-hydroxylation sites is 3. The molecule has 0 atom stereocenters. The number of nitrogens with zero attached hydrogens (tertiary/aromatic N) is 2. The SMILES string of the molecule is CCOCCn1c(=NC(=O)c2ccccc2Oc2ccccc2)sc2cccc(C)c21. The van der Waals surface area contributed by atoms with Gasteiger partial charge in [0.25, 0.3) is 5.91 Å². The van der Waals surface area contributed by atoms with Gasteiger partial charge in [-0.25, -0.2) is 0 Å². The van der Waals surface area contributed by atoms with Crippen LogP contribution >= 0.6 is 11.3 Å². The lowest BCUT2D eigenvalue weighted by Gasteiger charge is -2.09. The predicted molar refractivity (Wildman–Crippen MR) is 124 cm³/mol. The minimum Gasteiger partial charge on any atom is -0.457 e. The zero-order valence-electron chi connectivity index (χ0n) is 17.6. The van der Waals surface area contributed by atoms with Crippen LogP contribution in [0.3, 0.4) is 0 Å². The van der Waals surface area contributed by atoms with Crippen molar-refractivity contribution in [1.29, 1.82) is 0 Å². The molecule has 0 fully saturated rings. The molecule has 0 radical (unpaired) electrons. The highest BCUT2D eigenvalue weighted by atomic mass is 32.1. The maximum Gasteiger partial charge on any atom is 0.283 e. The molecule has 4 rings (SSSR count). The Morgan fingerprint density at radius 2 is 1.77 bits per heavy atom. The molecule has 0 aliphatic heterocycles. The number of hydrogen-bond acceptors (Lipinski definition) is 4. The molecule has 31 heavy (non-hydrogen) atoms. The molecular formula is C25H24N2O3S. The van der Waals surface area contributed by atoms with Gasteiger partial charge in [-0.1, -0.05) is 53.8 Å². The summed E-state index contributed by atoms with van der Waals surface area (Å²) in [6.45, 7) is 5.89. The van der Waals surface area contributed by atoms with E-state index in [0.29, 0.717) is 41.6 Å². The van der Waals surface area contributed by atoms with Crippen LogP contribution in [0.4, 0.5) is 0 Å². The Kier molecular flexibility index (Phi) is 6.60. The van der Waals surface area contributed by atoms with Crippen molar-refractivity contribution in [3.63, 3.8) is 0 Å². The van der Waals surface area contributed by atoms with E-state index < -0.39 is 0 Å². The predicted octanol–water partition coefficient (Wildman–Crippen LogP) is 5.58. The summed E-state index contributed by atoms with van der Waals surface area (Å²) < 4.78 is 14.7. The van der Waals surface area contributed by atoms with Crippen molar-refractivity contribution >= 4 is 27.5 Å². The van der Waals surface area contributed by atoms with Crippen LogP contribution in [-0.2, 0) is 11.3 Å². The molecule has 0 saturated carbocycles. The Balaban J connectivity index is 1.75. The molecule has 1 amide bonds. The van der Waals surface area contributed by atoms with E-state index in [1.807, 2.05) is 55.5 Å². The third-order valence-electron chi connectivity index (χ3n) is 4.85. The van der Waals surface area contributed by atoms with Crippen molar-refractivity contribution in [1.82, 2.24) is 4.57 Å². The first kappa shape index (κ1) is 21.0. The van der Waals surface area contributed by atoms with Crippen molar-refractivity contribution in [2.75, 3.05) is 13.2 Å². The molecule has 1 heterocycles. The van der Waals surface area contributed by atoms with Crippen molar-refractivity contribution in [2.45, 2.75) is 20.4 Å². The van der Waals surface area contributed by atoms with Crippen molar-refractivity contribution in [2.24, 2.45) is 4.99 Å². The summed E-state index contributed by atoms with van der Waals surface area (Å²) in [6, 6.07) is 22.8. The minimum atomic E-state index is -0.332. The summed E-state index contributed by atoms with van der Waals surface area (Å²) in [4.78, 5) is 18.3. The van der Waals surface area contributed by atoms with E-state index in [9.17, 15) is 4.79 Å². The minimum absolute atomic E-state index is 0.332. The molecule has 0 aliphatic rings. The summed E-state index contributed by atoms with van der Waals surface area (Å²) in [5.74, 6) is 0.827. The quantitative estimate of drug-likeness (QED) is 0.358. The number of rotatable bonds is 7. The summed E-state index contributed by atoms with van der Waals surface area (Å²) in [5.41, 5.74) is 2.66. The fraction of sp³-hybridized carbons (Fsp3) is 0.200. The topological polar surface area (TPSA) is 52.8 Å². The van der Waals surface area contributed by atoms with Gasteiger partial charge in [0.15, 0.2) is 4.80 Å². The van der Waals surface area contributed by atoms with Crippen LogP contribution in [0, 0.1) is 6.92 Å². The summed E-state index contributed by atoms with van der Waals surface area (Å²) in [7, 11) is 0. The highest BCUT2D eigenvalue weighted by Crippen LogP contribution is 2.26. The van der Waals surface area contributed by atoms with Gasteiger partial charge in [0.1, 0.15) is 11.5 Å². The number of aryl methyl sites for hydroxylation is 1. The van der Waals surface area contributed by atoms with E-state index in [4.69, 9.17) is 9.47 Å². The first-order valence-corrected chi connectivity index (χ1v) is 11.1. The van der Waals surface area contributed by atoms with Gasteiger partial charge in [0.2, 0.25) is 0 Å². The lowest BCUT2D eigenvalue weighted by Crippen LogP contribution is -2.20. The highest BCUT2D eigenvalue weighted by Gasteiger charge is 2.14. The lowest BCUT2D eigenvalue weighted by molar-refractivity contribution is 0.0994.